The van der Waals surface area contributed by atoms with Crippen molar-refractivity contribution < 1.29 is 5.11 Å². The first kappa shape index (κ1) is 18.2. The summed E-state index contributed by atoms with van der Waals surface area (Å²) in [5, 5.41) is 10.8. The molecule has 0 radical (unpaired) electrons. The molecule has 0 spiro atoms. The maximum absolute atomic E-state index is 10.8. The van der Waals surface area contributed by atoms with E-state index in [-0.39, 0.29) is 10.8 Å². The molecule has 2 heteroatoms. The van der Waals surface area contributed by atoms with Gasteiger partial charge in [-0.25, -0.2) is 0 Å². The zero-order valence-corrected chi connectivity index (χ0v) is 17.7. The monoisotopic (exact) mass is 473 g/mol. The van der Waals surface area contributed by atoms with Gasteiger partial charge in [-0.1, -0.05) is 0 Å². The molecule has 0 fully saturated rings. The first-order valence-corrected chi connectivity index (χ1v) is 11.5. The third-order valence-electron chi connectivity index (χ3n) is 3.63. The summed E-state index contributed by atoms with van der Waals surface area (Å²) < 4.78 is 1.72. The number of aliphatic hydroxyl groups is 1. The van der Waals surface area contributed by atoms with Gasteiger partial charge in [-0.05, 0) is 0 Å². The predicted octanol–water partition coefficient (Wildman–Crippen LogP) is 5.93. The third kappa shape index (κ3) is 4.87. The van der Waals surface area contributed by atoms with Crippen molar-refractivity contribution in [3.8, 4) is 0 Å². The summed E-state index contributed by atoms with van der Waals surface area (Å²) in [5.74, 6) is 0.597. The second-order valence-electron chi connectivity index (χ2n) is 8.42. The molecular weight excluding hydrogens is 441 g/mol. The first-order chi connectivity index (χ1) is 8.88. The Labute approximate surface area is 137 Å². The molecule has 0 heterocycles. The van der Waals surface area contributed by atoms with Crippen LogP contribution in [0, 0.1) is 10.8 Å². The fraction of sp³-hybridized carbons (Fsp3) is 0.778. The number of rotatable bonds is 3. The zero-order chi connectivity index (χ0) is 15.8. The molecule has 0 bridgehead atoms. The third-order valence-corrected chi connectivity index (χ3v) is 8.34. The van der Waals surface area contributed by atoms with Gasteiger partial charge in [-0.3, -0.25) is 0 Å². The van der Waals surface area contributed by atoms with Crippen LogP contribution in [0.15, 0.2) is 23.0 Å². The van der Waals surface area contributed by atoms with E-state index >= 15 is 0 Å². The molecule has 0 aromatic carbocycles. The number of aliphatic hydroxyl groups excluding tert-OH is 1. The number of allylic oxidation sites excluding steroid dienone is 3. The molecule has 1 aliphatic rings. The molecule has 0 saturated carbocycles. The molecule has 0 amide bonds. The molecule has 20 heavy (non-hydrogen) atoms. The van der Waals surface area contributed by atoms with Crippen molar-refractivity contribution in [2.45, 2.75) is 75.4 Å². The van der Waals surface area contributed by atoms with Crippen LogP contribution in [0.3, 0.4) is 0 Å². The maximum atomic E-state index is 10.8. The Bertz CT molecular complexity index is 418. The summed E-state index contributed by atoms with van der Waals surface area (Å²) in [6.07, 6.45) is 4.50. The Hall–Kier alpha value is 0.176. The van der Waals surface area contributed by atoms with Crippen LogP contribution in [0.25, 0.3) is 0 Å². The second kappa shape index (κ2) is 6.12. The van der Waals surface area contributed by atoms with Crippen LogP contribution >= 0.6 is 0 Å². The molecule has 116 valence electrons. The van der Waals surface area contributed by atoms with Crippen LogP contribution < -0.4 is 0 Å². The second-order valence-corrected chi connectivity index (χ2v) is 15.4. The average molecular weight is 473 g/mol. The summed E-state index contributed by atoms with van der Waals surface area (Å²) in [5.41, 5.74) is 2.74. The molecule has 0 aromatic heterocycles. The summed E-state index contributed by atoms with van der Waals surface area (Å²) in [6.45, 7) is 18.2. The molecule has 1 unspecified atom stereocenters. The van der Waals surface area contributed by atoms with Crippen molar-refractivity contribution in [2.24, 2.45) is 10.8 Å². The fourth-order valence-corrected chi connectivity index (χ4v) is 7.32. The predicted molar refractivity (Wildman–Crippen MR) is 90.5 cm³/mol. The van der Waals surface area contributed by atoms with Gasteiger partial charge in [0.1, 0.15) is 0 Å². The summed E-state index contributed by atoms with van der Waals surface area (Å²) in [4.78, 5) is 0. The minimum absolute atomic E-state index is 0.0293. The molecular formula is C18H32OPo. The molecule has 1 aliphatic carbocycles. The van der Waals surface area contributed by atoms with Crippen molar-refractivity contribution in [1.82, 2.24) is 0 Å². The van der Waals surface area contributed by atoms with Gasteiger partial charge in [0, 0.05) is 0 Å². The van der Waals surface area contributed by atoms with Crippen molar-refractivity contribution >= 4 is 23.6 Å². The van der Waals surface area contributed by atoms with Gasteiger partial charge >= 0.3 is 138 Å². The van der Waals surface area contributed by atoms with Gasteiger partial charge in [-0.2, -0.15) is 0 Å². The SMILES string of the molecule is C[CH2][Po][C]1(C)C=C(C(C)(C)C)C(O)=C(CC(C)(C)C)C1. The van der Waals surface area contributed by atoms with E-state index in [0.717, 1.165) is 12.8 Å². The van der Waals surface area contributed by atoms with Gasteiger partial charge in [0.2, 0.25) is 0 Å². The molecule has 0 aliphatic heterocycles. The van der Waals surface area contributed by atoms with Crippen LogP contribution in [0.5, 0.6) is 0 Å². The molecule has 1 N–H and O–H groups in total. The van der Waals surface area contributed by atoms with Gasteiger partial charge in [-0.15, -0.1) is 0 Å². The summed E-state index contributed by atoms with van der Waals surface area (Å²) >= 11 is -0.405. The van der Waals surface area contributed by atoms with E-state index in [0.29, 0.717) is 8.83 Å². The van der Waals surface area contributed by atoms with Gasteiger partial charge in [0.05, 0.1) is 0 Å². The first-order valence-electron chi connectivity index (χ1n) is 7.67. The Morgan fingerprint density at radius 1 is 1.20 bits per heavy atom. The topological polar surface area (TPSA) is 20.2 Å². The van der Waals surface area contributed by atoms with Crippen molar-refractivity contribution in [3.05, 3.63) is 23.0 Å². The van der Waals surface area contributed by atoms with Crippen LogP contribution in [0.1, 0.15) is 68.2 Å². The van der Waals surface area contributed by atoms with Gasteiger partial charge < -0.3 is 0 Å². The van der Waals surface area contributed by atoms with Crippen LogP contribution in [0.4, 0.5) is 0 Å². The minimum atomic E-state index is -0.405. The Morgan fingerprint density at radius 3 is 2.15 bits per heavy atom. The molecule has 1 rings (SSSR count). The average Bonchev–Trinajstić information content (AvgIpc) is 2.19. The summed E-state index contributed by atoms with van der Waals surface area (Å²) in [6, 6.07) is 0. The molecule has 1 nitrogen and oxygen atoms in total. The van der Waals surface area contributed by atoms with E-state index in [9.17, 15) is 5.11 Å². The van der Waals surface area contributed by atoms with Crippen molar-refractivity contribution in [1.29, 1.82) is 0 Å². The Kier molecular flexibility index (Phi) is 5.58. The zero-order valence-electron chi connectivity index (χ0n) is 14.6. The van der Waals surface area contributed by atoms with Crippen molar-refractivity contribution in [2.75, 3.05) is 0 Å². The van der Waals surface area contributed by atoms with Crippen LogP contribution in [0.2, 0.25) is 7.15 Å². The van der Waals surface area contributed by atoms with Crippen LogP contribution in [-0.2, 0) is 0 Å². The fourth-order valence-electron chi connectivity index (χ4n) is 2.90. The Morgan fingerprint density at radius 2 is 1.75 bits per heavy atom. The van der Waals surface area contributed by atoms with Crippen molar-refractivity contribution in [3.63, 3.8) is 0 Å². The Balaban J connectivity index is 3.25. The van der Waals surface area contributed by atoms with Gasteiger partial charge in [0.15, 0.2) is 0 Å². The van der Waals surface area contributed by atoms with Crippen LogP contribution in [-0.4, -0.2) is 28.7 Å². The molecule has 0 saturated heterocycles. The number of hydrogen-bond acceptors (Lipinski definition) is 1. The number of hydrogen-bond donors (Lipinski definition) is 1. The normalized spacial score (nSPS) is 24.9. The molecule has 1 atom stereocenters. The van der Waals surface area contributed by atoms with E-state index in [2.05, 4.69) is 61.5 Å². The van der Waals surface area contributed by atoms with E-state index in [1.807, 2.05) is 0 Å². The van der Waals surface area contributed by atoms with E-state index in [1.54, 1.807) is 0 Å². The summed E-state index contributed by atoms with van der Waals surface area (Å²) in [7, 11) is 0. The quantitative estimate of drug-likeness (QED) is 0.539. The standard InChI is InChI=1S/C16H27O.C2H5.Po/c1-11-8-12(10-15(2,3)4)14(17)13(9-11)16(5,6)7;1-2;/h9,17H,8,10H2,1-7H3;1H2,2H3;. The molecule has 0 aromatic rings. The van der Waals surface area contributed by atoms with E-state index < -0.39 is 23.6 Å². The van der Waals surface area contributed by atoms with E-state index in [1.165, 1.54) is 15.2 Å². The van der Waals surface area contributed by atoms with Gasteiger partial charge in [0.25, 0.3) is 0 Å². The van der Waals surface area contributed by atoms with E-state index in [4.69, 9.17) is 0 Å².